The highest BCUT2D eigenvalue weighted by molar-refractivity contribution is 7.10. The van der Waals surface area contributed by atoms with Gasteiger partial charge >= 0.3 is 0 Å². The average molecular weight is 345 g/mol. The van der Waals surface area contributed by atoms with Gasteiger partial charge < -0.3 is 10.3 Å². The van der Waals surface area contributed by atoms with E-state index in [1.165, 1.54) is 17.7 Å². The Balaban J connectivity index is 1.76. The fraction of sp³-hybridized carbons (Fsp3) is 0.500. The van der Waals surface area contributed by atoms with Crippen molar-refractivity contribution in [2.45, 2.75) is 52.0 Å². The van der Waals surface area contributed by atoms with Crippen molar-refractivity contribution in [3.05, 3.63) is 49.8 Å². The van der Waals surface area contributed by atoms with Crippen molar-refractivity contribution in [2.75, 3.05) is 0 Å². The van der Waals surface area contributed by atoms with E-state index in [9.17, 15) is 9.59 Å². The number of rotatable bonds is 5. The van der Waals surface area contributed by atoms with E-state index in [1.807, 2.05) is 11.4 Å². The lowest BCUT2D eigenvalue weighted by atomic mass is 9.96. The van der Waals surface area contributed by atoms with Crippen LogP contribution in [0.1, 0.15) is 53.7 Å². The molecule has 128 valence electrons. The van der Waals surface area contributed by atoms with Crippen LogP contribution in [0, 0.1) is 19.8 Å². The van der Waals surface area contributed by atoms with Crippen LogP contribution in [0.2, 0.25) is 0 Å². The first kappa shape index (κ1) is 16.9. The standard InChI is InChI=1S/C18H23N3O2S/c1-11-14(18(23)20-12(2)19-11)10-16(22)21-17(13-6-3-4-7-13)15-8-5-9-24-15/h5,8-9,13,17H,3-4,6-7,10H2,1-2H3,(H,21,22)(H,19,20,23). The maximum absolute atomic E-state index is 12.6. The fourth-order valence-corrected chi connectivity index (χ4v) is 4.39. The van der Waals surface area contributed by atoms with E-state index < -0.39 is 0 Å². The summed E-state index contributed by atoms with van der Waals surface area (Å²) in [6.45, 7) is 3.52. The molecule has 1 amide bonds. The van der Waals surface area contributed by atoms with E-state index in [2.05, 4.69) is 21.4 Å². The van der Waals surface area contributed by atoms with Gasteiger partial charge in [-0.3, -0.25) is 9.59 Å². The summed E-state index contributed by atoms with van der Waals surface area (Å²) in [6.07, 6.45) is 4.82. The van der Waals surface area contributed by atoms with E-state index in [1.54, 1.807) is 25.2 Å². The topological polar surface area (TPSA) is 74.8 Å². The zero-order chi connectivity index (χ0) is 17.1. The van der Waals surface area contributed by atoms with Crippen LogP contribution in [0.3, 0.4) is 0 Å². The van der Waals surface area contributed by atoms with E-state index >= 15 is 0 Å². The van der Waals surface area contributed by atoms with Crippen LogP contribution in [0.15, 0.2) is 22.3 Å². The number of aromatic nitrogens is 2. The molecule has 5 nitrogen and oxygen atoms in total. The molecule has 2 N–H and O–H groups in total. The third-order valence-electron chi connectivity index (χ3n) is 4.72. The zero-order valence-electron chi connectivity index (χ0n) is 14.1. The SMILES string of the molecule is Cc1nc(C)c(CC(=O)NC(c2cccs2)C2CCCC2)c(=O)[nH]1. The summed E-state index contributed by atoms with van der Waals surface area (Å²) >= 11 is 1.68. The molecule has 6 heteroatoms. The molecule has 1 fully saturated rings. The number of aryl methyl sites for hydroxylation is 2. The molecule has 2 aromatic heterocycles. The minimum absolute atomic E-state index is 0.0535. The van der Waals surface area contributed by atoms with Crippen LogP contribution in [-0.4, -0.2) is 15.9 Å². The lowest BCUT2D eigenvalue weighted by Crippen LogP contribution is -2.35. The van der Waals surface area contributed by atoms with Crippen molar-refractivity contribution in [3.63, 3.8) is 0 Å². The minimum atomic E-state index is -0.219. The minimum Gasteiger partial charge on any atom is -0.348 e. The summed E-state index contributed by atoms with van der Waals surface area (Å²) in [5.74, 6) is 0.951. The van der Waals surface area contributed by atoms with Crippen LogP contribution in [0.4, 0.5) is 0 Å². The molecule has 1 saturated carbocycles. The Morgan fingerprint density at radius 2 is 2.17 bits per heavy atom. The first-order valence-corrected chi connectivity index (χ1v) is 9.31. The number of carbonyl (C=O) groups excluding carboxylic acids is 1. The van der Waals surface area contributed by atoms with Crippen LogP contribution < -0.4 is 10.9 Å². The molecule has 24 heavy (non-hydrogen) atoms. The van der Waals surface area contributed by atoms with Gasteiger partial charge in [-0.25, -0.2) is 4.98 Å². The maximum atomic E-state index is 12.6. The number of aromatic amines is 1. The monoisotopic (exact) mass is 345 g/mol. The Morgan fingerprint density at radius 1 is 1.42 bits per heavy atom. The summed E-state index contributed by atoms with van der Waals surface area (Å²) in [5, 5.41) is 5.21. The lowest BCUT2D eigenvalue weighted by Gasteiger charge is -2.24. The van der Waals surface area contributed by atoms with Gasteiger partial charge in [-0.05, 0) is 44.1 Å². The van der Waals surface area contributed by atoms with Crippen molar-refractivity contribution in [1.82, 2.24) is 15.3 Å². The number of amides is 1. The highest BCUT2D eigenvalue weighted by atomic mass is 32.1. The molecule has 2 aromatic rings. The van der Waals surface area contributed by atoms with Gasteiger partial charge in [0.05, 0.1) is 12.5 Å². The molecule has 0 saturated heterocycles. The normalized spacial score (nSPS) is 16.2. The molecule has 1 aliphatic carbocycles. The molecule has 0 radical (unpaired) electrons. The van der Waals surface area contributed by atoms with Crippen LogP contribution in [-0.2, 0) is 11.2 Å². The molecular formula is C18H23N3O2S. The molecular weight excluding hydrogens is 322 g/mol. The van der Waals surface area contributed by atoms with E-state index in [0.29, 0.717) is 23.0 Å². The number of H-pyrrole nitrogens is 1. The van der Waals surface area contributed by atoms with E-state index in [0.717, 1.165) is 12.8 Å². The number of thiophene rings is 1. The Bertz CT molecular complexity index is 761. The van der Waals surface area contributed by atoms with Gasteiger partial charge in [-0.2, -0.15) is 0 Å². The number of hydrogen-bond donors (Lipinski definition) is 2. The number of hydrogen-bond acceptors (Lipinski definition) is 4. The number of nitrogens with one attached hydrogen (secondary N) is 2. The third-order valence-corrected chi connectivity index (χ3v) is 5.67. The molecule has 3 rings (SSSR count). The predicted octanol–water partition coefficient (Wildman–Crippen LogP) is 3.04. The van der Waals surface area contributed by atoms with Crippen molar-refractivity contribution < 1.29 is 4.79 Å². The van der Waals surface area contributed by atoms with Crippen LogP contribution in [0.5, 0.6) is 0 Å². The van der Waals surface area contributed by atoms with Gasteiger partial charge in [-0.15, -0.1) is 11.3 Å². The van der Waals surface area contributed by atoms with Crippen molar-refractivity contribution >= 4 is 17.2 Å². The number of nitrogens with zero attached hydrogens (tertiary/aromatic N) is 1. The smallest absolute Gasteiger partial charge is 0.254 e. The summed E-state index contributed by atoms with van der Waals surface area (Å²) in [5.41, 5.74) is 0.859. The molecule has 1 atom stereocenters. The Morgan fingerprint density at radius 3 is 2.79 bits per heavy atom. The zero-order valence-corrected chi connectivity index (χ0v) is 14.9. The third kappa shape index (κ3) is 3.75. The first-order valence-electron chi connectivity index (χ1n) is 8.43. The van der Waals surface area contributed by atoms with E-state index in [4.69, 9.17) is 0 Å². The highest BCUT2D eigenvalue weighted by Crippen LogP contribution is 2.37. The van der Waals surface area contributed by atoms with Gasteiger partial charge in [-0.1, -0.05) is 18.9 Å². The molecule has 1 unspecified atom stereocenters. The second-order valence-corrected chi connectivity index (χ2v) is 7.48. The van der Waals surface area contributed by atoms with Crippen molar-refractivity contribution in [3.8, 4) is 0 Å². The molecule has 0 bridgehead atoms. The fourth-order valence-electron chi connectivity index (χ4n) is 3.52. The summed E-state index contributed by atoms with van der Waals surface area (Å²) < 4.78 is 0. The van der Waals surface area contributed by atoms with Crippen LogP contribution in [0.25, 0.3) is 0 Å². The maximum Gasteiger partial charge on any atom is 0.254 e. The van der Waals surface area contributed by atoms with E-state index in [-0.39, 0.29) is 23.9 Å². The largest absolute Gasteiger partial charge is 0.348 e. The molecule has 0 spiro atoms. The molecule has 2 heterocycles. The predicted molar refractivity (Wildman–Crippen MR) is 95.2 cm³/mol. The molecule has 0 aromatic carbocycles. The quantitative estimate of drug-likeness (QED) is 0.874. The van der Waals surface area contributed by atoms with Crippen molar-refractivity contribution in [1.29, 1.82) is 0 Å². The Kier molecular flexibility index (Phi) is 5.14. The summed E-state index contributed by atoms with van der Waals surface area (Å²) in [7, 11) is 0. The van der Waals surface area contributed by atoms with Gasteiger partial charge in [0.25, 0.3) is 5.56 Å². The molecule has 0 aliphatic heterocycles. The Hall–Kier alpha value is -1.95. The van der Waals surface area contributed by atoms with Gasteiger partial charge in [0, 0.05) is 16.1 Å². The van der Waals surface area contributed by atoms with Crippen LogP contribution >= 0.6 is 11.3 Å². The second-order valence-electron chi connectivity index (χ2n) is 6.50. The number of carbonyl (C=O) groups is 1. The summed E-state index contributed by atoms with van der Waals surface area (Å²) in [6, 6.07) is 4.16. The average Bonchev–Trinajstić information content (AvgIpc) is 3.21. The lowest BCUT2D eigenvalue weighted by molar-refractivity contribution is -0.121. The van der Waals surface area contributed by atoms with Gasteiger partial charge in [0.1, 0.15) is 5.82 Å². The van der Waals surface area contributed by atoms with Crippen molar-refractivity contribution in [2.24, 2.45) is 5.92 Å². The first-order chi connectivity index (χ1) is 11.5. The summed E-state index contributed by atoms with van der Waals surface area (Å²) in [4.78, 5) is 32.8. The van der Waals surface area contributed by atoms with Gasteiger partial charge in [0.2, 0.25) is 5.91 Å². The second kappa shape index (κ2) is 7.30. The Labute approximate surface area is 145 Å². The molecule has 1 aliphatic rings. The van der Waals surface area contributed by atoms with Gasteiger partial charge in [0.15, 0.2) is 0 Å². The highest BCUT2D eigenvalue weighted by Gasteiger charge is 2.28.